The van der Waals surface area contributed by atoms with Crippen molar-refractivity contribution < 1.29 is 9.90 Å². The van der Waals surface area contributed by atoms with Crippen molar-refractivity contribution in [2.24, 2.45) is 11.8 Å². The van der Waals surface area contributed by atoms with Gasteiger partial charge < -0.3 is 15.3 Å². The minimum atomic E-state index is -0.337. The molecule has 2 heterocycles. The number of aliphatic hydroxyl groups is 1. The van der Waals surface area contributed by atoms with E-state index < -0.39 is 0 Å². The van der Waals surface area contributed by atoms with Gasteiger partial charge in [0.05, 0.1) is 6.10 Å². The SMILES string of the molecule is CCC1CCCN(C(C)(C)CNC(=O)N2CCCC(C(C)O)C2)C1. The van der Waals surface area contributed by atoms with Crippen LogP contribution in [0.2, 0.25) is 0 Å². The molecule has 2 saturated heterocycles. The van der Waals surface area contributed by atoms with Crippen LogP contribution in [0.3, 0.4) is 0 Å². The standard InChI is InChI=1S/C19H37N3O2/c1-5-16-8-6-11-22(12-16)19(3,4)14-20-18(24)21-10-7-9-17(13-21)15(2)23/h15-17,23H,5-14H2,1-4H3,(H,20,24). The monoisotopic (exact) mass is 339 g/mol. The molecule has 2 fully saturated rings. The lowest BCUT2D eigenvalue weighted by Crippen LogP contribution is -2.57. The van der Waals surface area contributed by atoms with Gasteiger partial charge in [0.15, 0.2) is 0 Å². The smallest absolute Gasteiger partial charge is 0.317 e. The van der Waals surface area contributed by atoms with E-state index in [-0.39, 0.29) is 23.6 Å². The van der Waals surface area contributed by atoms with Crippen molar-refractivity contribution in [3.63, 3.8) is 0 Å². The Kier molecular flexibility index (Phi) is 6.93. The molecule has 2 N–H and O–H groups in total. The van der Waals surface area contributed by atoms with E-state index in [1.807, 2.05) is 11.8 Å². The number of hydrogen-bond acceptors (Lipinski definition) is 3. The van der Waals surface area contributed by atoms with Gasteiger partial charge in [0, 0.05) is 37.6 Å². The van der Waals surface area contributed by atoms with Gasteiger partial charge in [-0.05, 0) is 58.9 Å². The van der Waals surface area contributed by atoms with Crippen molar-refractivity contribution in [3.8, 4) is 0 Å². The molecule has 0 aromatic rings. The van der Waals surface area contributed by atoms with E-state index in [0.717, 1.165) is 38.4 Å². The quantitative estimate of drug-likeness (QED) is 0.810. The van der Waals surface area contributed by atoms with Gasteiger partial charge in [0.25, 0.3) is 0 Å². The van der Waals surface area contributed by atoms with Crippen LogP contribution in [-0.4, -0.2) is 65.3 Å². The second-order valence-corrected chi connectivity index (χ2v) is 8.42. The number of aliphatic hydroxyl groups excluding tert-OH is 1. The normalized spacial score (nSPS) is 27.8. The van der Waals surface area contributed by atoms with Crippen molar-refractivity contribution >= 4 is 6.03 Å². The first-order valence-electron chi connectivity index (χ1n) is 9.79. The summed E-state index contributed by atoms with van der Waals surface area (Å²) in [5.74, 6) is 1.01. The topological polar surface area (TPSA) is 55.8 Å². The fourth-order valence-corrected chi connectivity index (χ4v) is 4.05. The van der Waals surface area contributed by atoms with E-state index in [0.29, 0.717) is 13.1 Å². The largest absolute Gasteiger partial charge is 0.393 e. The van der Waals surface area contributed by atoms with Crippen molar-refractivity contribution in [1.29, 1.82) is 0 Å². The maximum Gasteiger partial charge on any atom is 0.317 e. The molecule has 0 bridgehead atoms. The Morgan fingerprint density at radius 1 is 1.25 bits per heavy atom. The third kappa shape index (κ3) is 5.09. The molecule has 2 aliphatic heterocycles. The van der Waals surface area contributed by atoms with Gasteiger partial charge in [-0.2, -0.15) is 0 Å². The number of likely N-dealkylation sites (tertiary alicyclic amines) is 2. The van der Waals surface area contributed by atoms with Crippen molar-refractivity contribution in [3.05, 3.63) is 0 Å². The highest BCUT2D eigenvalue weighted by molar-refractivity contribution is 5.74. The number of nitrogens with zero attached hydrogens (tertiary/aromatic N) is 2. The number of nitrogens with one attached hydrogen (secondary N) is 1. The van der Waals surface area contributed by atoms with Crippen LogP contribution in [0, 0.1) is 11.8 Å². The minimum Gasteiger partial charge on any atom is -0.393 e. The van der Waals surface area contributed by atoms with Gasteiger partial charge in [0.2, 0.25) is 0 Å². The first kappa shape index (κ1) is 19.5. The van der Waals surface area contributed by atoms with E-state index in [1.165, 1.54) is 19.3 Å². The zero-order valence-corrected chi connectivity index (χ0v) is 16.1. The molecule has 5 heteroatoms. The predicted molar refractivity (Wildman–Crippen MR) is 98.0 cm³/mol. The Morgan fingerprint density at radius 3 is 2.62 bits per heavy atom. The van der Waals surface area contributed by atoms with Gasteiger partial charge in [-0.3, -0.25) is 4.90 Å². The van der Waals surface area contributed by atoms with Crippen LogP contribution in [-0.2, 0) is 0 Å². The molecule has 2 rings (SSSR count). The molecule has 3 atom stereocenters. The van der Waals surface area contributed by atoms with Gasteiger partial charge in [-0.15, -0.1) is 0 Å². The Hall–Kier alpha value is -0.810. The number of amides is 2. The van der Waals surface area contributed by atoms with E-state index in [4.69, 9.17) is 0 Å². The molecule has 24 heavy (non-hydrogen) atoms. The Labute approximate surface area is 147 Å². The molecule has 3 unspecified atom stereocenters. The molecule has 5 nitrogen and oxygen atoms in total. The Morgan fingerprint density at radius 2 is 1.96 bits per heavy atom. The molecule has 2 aliphatic rings. The molecule has 140 valence electrons. The second-order valence-electron chi connectivity index (χ2n) is 8.42. The van der Waals surface area contributed by atoms with Crippen LogP contribution in [0.5, 0.6) is 0 Å². The third-order valence-electron chi connectivity index (χ3n) is 6.05. The Balaban J connectivity index is 1.83. The van der Waals surface area contributed by atoms with Crippen LogP contribution < -0.4 is 5.32 Å². The summed E-state index contributed by atoms with van der Waals surface area (Å²) >= 11 is 0. The zero-order valence-electron chi connectivity index (χ0n) is 16.1. The first-order chi connectivity index (χ1) is 11.3. The van der Waals surface area contributed by atoms with Gasteiger partial charge in [-0.1, -0.05) is 13.3 Å². The fraction of sp³-hybridized carbons (Fsp3) is 0.947. The van der Waals surface area contributed by atoms with Crippen LogP contribution in [0.1, 0.15) is 59.8 Å². The molecule has 0 aromatic heterocycles. The van der Waals surface area contributed by atoms with Gasteiger partial charge >= 0.3 is 6.03 Å². The summed E-state index contributed by atoms with van der Waals surface area (Å²) in [5, 5.41) is 12.9. The Bertz CT molecular complexity index is 411. The van der Waals surface area contributed by atoms with Gasteiger partial charge in [0.1, 0.15) is 0 Å². The number of hydrogen-bond donors (Lipinski definition) is 2. The highest BCUT2D eigenvalue weighted by Crippen LogP contribution is 2.25. The molecule has 2 amide bonds. The summed E-state index contributed by atoms with van der Waals surface area (Å²) in [4.78, 5) is 16.9. The molecule has 0 aliphatic carbocycles. The maximum atomic E-state index is 12.5. The molecule has 0 saturated carbocycles. The van der Waals surface area contributed by atoms with Crippen LogP contribution in [0.4, 0.5) is 4.79 Å². The first-order valence-corrected chi connectivity index (χ1v) is 9.79. The van der Waals surface area contributed by atoms with E-state index in [9.17, 15) is 9.90 Å². The summed E-state index contributed by atoms with van der Waals surface area (Å²) in [6.07, 6.45) is 5.50. The minimum absolute atomic E-state index is 0.0110. The van der Waals surface area contributed by atoms with Crippen LogP contribution >= 0.6 is 0 Å². The average Bonchev–Trinajstić information content (AvgIpc) is 2.59. The van der Waals surface area contributed by atoms with E-state index in [2.05, 4.69) is 31.0 Å². The third-order valence-corrected chi connectivity index (χ3v) is 6.05. The summed E-state index contributed by atoms with van der Waals surface area (Å²) in [5.41, 5.74) is -0.0110. The van der Waals surface area contributed by atoms with Crippen molar-refractivity contribution in [2.45, 2.75) is 71.4 Å². The van der Waals surface area contributed by atoms with Gasteiger partial charge in [-0.25, -0.2) is 4.79 Å². The second kappa shape index (κ2) is 8.52. The summed E-state index contributed by atoms with van der Waals surface area (Å²) in [6.45, 7) is 13.0. The highest BCUT2D eigenvalue weighted by atomic mass is 16.3. The lowest BCUT2D eigenvalue weighted by atomic mass is 9.91. The van der Waals surface area contributed by atoms with Crippen LogP contribution in [0.15, 0.2) is 0 Å². The number of rotatable bonds is 5. The lowest BCUT2D eigenvalue weighted by Gasteiger charge is -2.44. The predicted octanol–water partition coefficient (Wildman–Crippen LogP) is 2.69. The fourth-order valence-electron chi connectivity index (χ4n) is 4.05. The summed E-state index contributed by atoms with van der Waals surface area (Å²) < 4.78 is 0. The number of carbonyl (C=O) groups is 1. The summed E-state index contributed by atoms with van der Waals surface area (Å²) in [6, 6.07) is 0.0254. The summed E-state index contributed by atoms with van der Waals surface area (Å²) in [7, 11) is 0. The van der Waals surface area contributed by atoms with E-state index in [1.54, 1.807) is 0 Å². The highest BCUT2D eigenvalue weighted by Gasteiger charge is 2.32. The number of piperidine rings is 2. The molecule has 0 aromatic carbocycles. The lowest BCUT2D eigenvalue weighted by molar-refractivity contribution is 0.0595. The number of carbonyl (C=O) groups excluding carboxylic acids is 1. The van der Waals surface area contributed by atoms with Crippen molar-refractivity contribution in [2.75, 3.05) is 32.7 Å². The molecular formula is C19H37N3O2. The average molecular weight is 340 g/mol. The van der Waals surface area contributed by atoms with Crippen LogP contribution in [0.25, 0.3) is 0 Å². The zero-order chi connectivity index (χ0) is 17.7. The van der Waals surface area contributed by atoms with Crippen molar-refractivity contribution in [1.82, 2.24) is 15.1 Å². The molecule has 0 spiro atoms. The maximum absolute atomic E-state index is 12.5. The number of urea groups is 1. The molecule has 0 radical (unpaired) electrons. The van der Waals surface area contributed by atoms with E-state index >= 15 is 0 Å². The molecular weight excluding hydrogens is 302 g/mol.